The summed E-state index contributed by atoms with van der Waals surface area (Å²) in [6.07, 6.45) is 2.33. The molecule has 1 aromatic carbocycles. The van der Waals surface area contributed by atoms with E-state index in [1.54, 1.807) is 25.2 Å². The number of ketones is 1. The molecule has 3 aliphatic rings. The number of halogens is 1. The lowest BCUT2D eigenvalue weighted by Crippen LogP contribution is -2.41. The minimum Gasteiger partial charge on any atom is -0.483 e. The quantitative estimate of drug-likeness (QED) is 0.796. The molecule has 4 atom stereocenters. The van der Waals surface area contributed by atoms with Gasteiger partial charge in [-0.25, -0.2) is 4.39 Å². The molecule has 0 aromatic heterocycles. The summed E-state index contributed by atoms with van der Waals surface area (Å²) < 4.78 is 20.3. The number of carbonyl (C=O) groups excluding carboxylic acids is 2. The van der Waals surface area contributed by atoms with E-state index in [1.165, 1.54) is 11.0 Å². The number of hydrogen-bond donors (Lipinski definition) is 0. The summed E-state index contributed by atoms with van der Waals surface area (Å²) in [5, 5.41) is 0. The lowest BCUT2D eigenvalue weighted by atomic mass is 9.74. The molecule has 0 bridgehead atoms. The Hall–Kier alpha value is -2.17. The summed E-state index contributed by atoms with van der Waals surface area (Å²) in [7, 11) is 1.60. The van der Waals surface area contributed by atoms with E-state index in [-0.39, 0.29) is 29.5 Å². The Balaban J connectivity index is 1.80. The maximum Gasteiger partial charge on any atom is 0.289 e. The normalized spacial score (nSPS) is 32.5. The number of carbonyl (C=O) groups is 2. The fourth-order valence-corrected chi connectivity index (χ4v) is 4.25. The molecule has 1 aliphatic carbocycles. The van der Waals surface area contributed by atoms with E-state index < -0.39 is 11.9 Å². The Morgan fingerprint density at radius 1 is 1.21 bits per heavy atom. The highest BCUT2D eigenvalue weighted by atomic mass is 19.1. The first kappa shape index (κ1) is 15.4. The summed E-state index contributed by atoms with van der Waals surface area (Å²) in [5.41, 5.74) is 0.681. The molecule has 126 valence electrons. The molecule has 1 saturated carbocycles. The van der Waals surface area contributed by atoms with E-state index in [2.05, 4.69) is 6.92 Å². The van der Waals surface area contributed by atoms with Crippen molar-refractivity contribution in [3.63, 3.8) is 0 Å². The van der Waals surface area contributed by atoms with Crippen LogP contribution in [0.5, 0.6) is 0 Å². The molecule has 24 heavy (non-hydrogen) atoms. The van der Waals surface area contributed by atoms with Gasteiger partial charge in [0.1, 0.15) is 11.9 Å². The SMILES string of the molecule is CC1CCC2OC3=C(C(=O)C2C1)C(c1ccccc1F)N(C)C3=O. The van der Waals surface area contributed by atoms with E-state index in [0.29, 0.717) is 17.1 Å². The van der Waals surface area contributed by atoms with Crippen LogP contribution in [0.25, 0.3) is 0 Å². The van der Waals surface area contributed by atoms with Crippen LogP contribution >= 0.6 is 0 Å². The van der Waals surface area contributed by atoms with Crippen LogP contribution < -0.4 is 0 Å². The molecule has 1 amide bonds. The van der Waals surface area contributed by atoms with E-state index in [4.69, 9.17) is 4.74 Å². The number of nitrogens with zero attached hydrogens (tertiary/aromatic N) is 1. The van der Waals surface area contributed by atoms with Crippen LogP contribution in [0.1, 0.15) is 37.8 Å². The molecule has 1 fully saturated rings. The number of likely N-dealkylation sites (N-methyl/N-ethyl adjacent to an activating group) is 1. The maximum atomic E-state index is 14.3. The maximum absolute atomic E-state index is 14.3. The molecule has 0 spiro atoms. The molecule has 4 nitrogen and oxygen atoms in total. The standard InChI is InChI=1S/C19H20FNO3/c1-10-7-8-14-12(9-10)17(22)15-16(11-5-3-4-6-13(11)20)21(2)19(23)18(15)24-14/h3-6,10,12,14,16H,7-9H2,1-2H3. The van der Waals surface area contributed by atoms with Gasteiger partial charge in [-0.1, -0.05) is 25.1 Å². The van der Waals surface area contributed by atoms with Crippen LogP contribution in [0.3, 0.4) is 0 Å². The van der Waals surface area contributed by atoms with E-state index in [0.717, 1.165) is 19.3 Å². The Morgan fingerprint density at radius 2 is 1.96 bits per heavy atom. The largest absolute Gasteiger partial charge is 0.483 e. The third kappa shape index (κ3) is 2.10. The first-order valence-corrected chi connectivity index (χ1v) is 8.45. The van der Waals surface area contributed by atoms with Crippen LogP contribution in [0, 0.1) is 17.7 Å². The number of amides is 1. The number of Topliss-reactive ketones (excluding diaryl/α,β-unsaturated/α-hetero) is 1. The summed E-state index contributed by atoms with van der Waals surface area (Å²) in [6, 6.07) is 5.60. The molecule has 5 heteroatoms. The Kier molecular flexibility index (Phi) is 3.48. The van der Waals surface area contributed by atoms with Gasteiger partial charge in [0.2, 0.25) is 0 Å². The molecule has 0 N–H and O–H groups in total. The molecule has 2 aliphatic heterocycles. The fourth-order valence-electron chi connectivity index (χ4n) is 4.25. The van der Waals surface area contributed by atoms with Crippen LogP contribution in [-0.2, 0) is 14.3 Å². The molecule has 0 radical (unpaired) electrons. The van der Waals surface area contributed by atoms with Gasteiger partial charge >= 0.3 is 0 Å². The highest BCUT2D eigenvalue weighted by Crippen LogP contribution is 2.47. The van der Waals surface area contributed by atoms with Gasteiger partial charge in [0.25, 0.3) is 5.91 Å². The Bertz CT molecular complexity index is 757. The molecule has 4 unspecified atom stereocenters. The molecular weight excluding hydrogens is 309 g/mol. The summed E-state index contributed by atoms with van der Waals surface area (Å²) in [4.78, 5) is 27.1. The third-order valence-electron chi connectivity index (χ3n) is 5.54. The number of ether oxygens (including phenoxy) is 1. The number of hydrogen-bond acceptors (Lipinski definition) is 3. The van der Waals surface area contributed by atoms with Gasteiger partial charge in [-0.3, -0.25) is 9.59 Å². The van der Waals surface area contributed by atoms with Gasteiger partial charge in [0.15, 0.2) is 11.5 Å². The average Bonchev–Trinajstić information content (AvgIpc) is 2.81. The minimum atomic E-state index is -0.695. The number of rotatable bonds is 1. The summed E-state index contributed by atoms with van der Waals surface area (Å²) in [6.45, 7) is 2.13. The van der Waals surface area contributed by atoms with Crippen LogP contribution in [0.15, 0.2) is 35.6 Å². The fraction of sp³-hybridized carbons (Fsp3) is 0.474. The molecular formula is C19H20FNO3. The Morgan fingerprint density at radius 3 is 2.71 bits per heavy atom. The van der Waals surface area contributed by atoms with Crippen molar-refractivity contribution >= 4 is 11.7 Å². The monoisotopic (exact) mass is 329 g/mol. The van der Waals surface area contributed by atoms with Crippen LogP contribution in [0.4, 0.5) is 4.39 Å². The van der Waals surface area contributed by atoms with Gasteiger partial charge in [-0.15, -0.1) is 0 Å². The van der Waals surface area contributed by atoms with E-state index in [9.17, 15) is 14.0 Å². The zero-order valence-corrected chi connectivity index (χ0v) is 13.8. The second-order valence-electron chi connectivity index (χ2n) is 7.13. The van der Waals surface area contributed by atoms with Crippen molar-refractivity contribution in [1.29, 1.82) is 0 Å². The lowest BCUT2D eigenvalue weighted by molar-refractivity contribution is -0.135. The highest BCUT2D eigenvalue weighted by Gasteiger charge is 2.51. The van der Waals surface area contributed by atoms with Gasteiger partial charge in [-0.2, -0.15) is 0 Å². The topological polar surface area (TPSA) is 46.6 Å². The first-order valence-electron chi connectivity index (χ1n) is 8.45. The van der Waals surface area contributed by atoms with Crippen molar-refractivity contribution in [2.75, 3.05) is 7.05 Å². The predicted molar refractivity (Wildman–Crippen MR) is 85.3 cm³/mol. The van der Waals surface area contributed by atoms with Gasteiger partial charge in [0.05, 0.1) is 17.5 Å². The van der Waals surface area contributed by atoms with Crippen molar-refractivity contribution in [1.82, 2.24) is 4.90 Å². The summed E-state index contributed by atoms with van der Waals surface area (Å²) >= 11 is 0. The molecule has 0 saturated heterocycles. The zero-order chi connectivity index (χ0) is 17.0. The third-order valence-corrected chi connectivity index (χ3v) is 5.54. The molecule has 4 rings (SSSR count). The number of benzene rings is 1. The van der Waals surface area contributed by atoms with Crippen molar-refractivity contribution in [2.45, 2.75) is 38.3 Å². The van der Waals surface area contributed by atoms with Gasteiger partial charge in [0, 0.05) is 12.6 Å². The average molecular weight is 329 g/mol. The first-order chi connectivity index (χ1) is 11.5. The number of fused-ring (bicyclic) bond motifs is 1. The van der Waals surface area contributed by atoms with E-state index >= 15 is 0 Å². The minimum absolute atomic E-state index is 0.0428. The van der Waals surface area contributed by atoms with Crippen LogP contribution in [-0.4, -0.2) is 29.7 Å². The van der Waals surface area contributed by atoms with E-state index in [1.807, 2.05) is 0 Å². The predicted octanol–water partition coefficient (Wildman–Crippen LogP) is 3.00. The summed E-state index contributed by atoms with van der Waals surface area (Å²) in [5.74, 6) is -0.416. The highest BCUT2D eigenvalue weighted by molar-refractivity contribution is 6.11. The van der Waals surface area contributed by atoms with Crippen molar-refractivity contribution < 1.29 is 18.7 Å². The van der Waals surface area contributed by atoms with Crippen molar-refractivity contribution in [3.05, 3.63) is 47.0 Å². The smallest absolute Gasteiger partial charge is 0.289 e. The van der Waals surface area contributed by atoms with Gasteiger partial charge < -0.3 is 9.64 Å². The molecule has 1 aromatic rings. The van der Waals surface area contributed by atoms with Crippen LogP contribution in [0.2, 0.25) is 0 Å². The second kappa shape index (κ2) is 5.43. The van der Waals surface area contributed by atoms with Crippen molar-refractivity contribution in [3.8, 4) is 0 Å². The van der Waals surface area contributed by atoms with Crippen molar-refractivity contribution in [2.24, 2.45) is 11.8 Å². The zero-order valence-electron chi connectivity index (χ0n) is 13.8. The van der Waals surface area contributed by atoms with Gasteiger partial charge in [-0.05, 0) is 31.2 Å². The Labute approximate surface area is 140 Å². The molecule has 2 heterocycles. The lowest BCUT2D eigenvalue weighted by Gasteiger charge is -2.37. The second-order valence-corrected chi connectivity index (χ2v) is 7.13.